The second kappa shape index (κ2) is 12.7. The van der Waals surface area contributed by atoms with Crippen molar-refractivity contribution in [1.29, 1.82) is 0 Å². The Hall–Kier alpha value is -2.74. The Labute approximate surface area is 221 Å². The Morgan fingerprint density at radius 2 is 1.81 bits per heavy atom. The number of hydrogen-bond donors (Lipinski definition) is 0. The molecule has 1 saturated heterocycles. The first-order valence-corrected chi connectivity index (χ1v) is 12.9. The third-order valence-electron chi connectivity index (χ3n) is 6.93. The van der Waals surface area contributed by atoms with Crippen molar-refractivity contribution in [3.8, 4) is 5.75 Å². The molecule has 2 aromatic carbocycles. The lowest BCUT2D eigenvalue weighted by atomic mass is 9.89. The Morgan fingerprint density at radius 1 is 1.11 bits per heavy atom. The zero-order chi connectivity index (χ0) is 27.2. The molecule has 1 heterocycles. The summed E-state index contributed by atoms with van der Waals surface area (Å²) in [5.41, 5.74) is 1.45. The molecule has 0 aliphatic carbocycles. The zero-order valence-electron chi connectivity index (χ0n) is 21.5. The molecule has 37 heavy (non-hydrogen) atoms. The first-order chi connectivity index (χ1) is 17.5. The molecule has 0 aromatic heterocycles. The minimum atomic E-state index is -4.68. The molecule has 1 aliphatic heterocycles. The van der Waals surface area contributed by atoms with Gasteiger partial charge in [-0.2, -0.15) is 13.2 Å². The smallest absolute Gasteiger partial charge is 0.404 e. The number of halogens is 4. The average molecular weight is 539 g/mol. The Kier molecular flexibility index (Phi) is 9.87. The highest BCUT2D eigenvalue weighted by Crippen LogP contribution is 2.38. The van der Waals surface area contributed by atoms with Crippen LogP contribution < -0.4 is 4.74 Å². The Balaban J connectivity index is 1.48. The summed E-state index contributed by atoms with van der Waals surface area (Å²) in [7, 11) is 4.75. The highest BCUT2D eigenvalue weighted by molar-refractivity contribution is 6.33. The number of ether oxygens (including phenoxy) is 1. The summed E-state index contributed by atoms with van der Waals surface area (Å²) in [6, 6.07) is 11.1. The van der Waals surface area contributed by atoms with Gasteiger partial charge in [0.1, 0.15) is 5.75 Å². The van der Waals surface area contributed by atoms with Gasteiger partial charge in [-0.1, -0.05) is 42.6 Å². The van der Waals surface area contributed by atoms with Crippen molar-refractivity contribution in [2.45, 2.75) is 50.6 Å². The van der Waals surface area contributed by atoms with Gasteiger partial charge in [-0.25, -0.2) is 0 Å². The number of alkyl halides is 3. The largest absolute Gasteiger partial charge is 0.497 e. The fourth-order valence-corrected chi connectivity index (χ4v) is 5.09. The van der Waals surface area contributed by atoms with E-state index in [1.165, 1.54) is 35.1 Å². The molecule has 1 aliphatic rings. The standard InChI is InChI=1S/C28H34ClF3N2O3/c1-33(2)26(35)23-12-11-20(17-24(23)29)8-5-4-7-19-13-15-34(16-14-19)27(36)25(28(30,31)32)21-9-6-10-22(18-21)37-3/h6,9-12,17-19,25H,4-5,7-8,13-16H2,1-3H3. The third kappa shape index (κ3) is 7.63. The fourth-order valence-electron chi connectivity index (χ4n) is 4.81. The Morgan fingerprint density at radius 3 is 2.41 bits per heavy atom. The third-order valence-corrected chi connectivity index (χ3v) is 7.24. The molecular formula is C28H34ClF3N2O3. The molecule has 0 N–H and O–H groups in total. The van der Waals surface area contributed by atoms with Crippen molar-refractivity contribution in [3.05, 3.63) is 64.2 Å². The molecular weight excluding hydrogens is 505 g/mol. The maximum absolute atomic E-state index is 13.9. The van der Waals surface area contributed by atoms with Crippen LogP contribution in [-0.4, -0.2) is 62.1 Å². The van der Waals surface area contributed by atoms with Gasteiger partial charge >= 0.3 is 6.18 Å². The highest BCUT2D eigenvalue weighted by Gasteiger charge is 2.48. The lowest BCUT2D eigenvalue weighted by Crippen LogP contribution is -2.44. The minimum Gasteiger partial charge on any atom is -0.497 e. The summed E-state index contributed by atoms with van der Waals surface area (Å²) < 4.78 is 46.7. The van der Waals surface area contributed by atoms with Crippen molar-refractivity contribution in [2.75, 3.05) is 34.3 Å². The second-order valence-electron chi connectivity index (χ2n) is 9.78. The minimum absolute atomic E-state index is 0.0989. The maximum Gasteiger partial charge on any atom is 0.404 e. The van der Waals surface area contributed by atoms with Crippen LogP contribution in [-0.2, 0) is 11.2 Å². The lowest BCUT2D eigenvalue weighted by molar-refractivity contribution is -0.173. The summed E-state index contributed by atoms with van der Waals surface area (Å²) in [5, 5.41) is 0.444. The predicted molar refractivity (Wildman–Crippen MR) is 138 cm³/mol. The molecule has 202 valence electrons. The second-order valence-corrected chi connectivity index (χ2v) is 10.2. The van der Waals surface area contributed by atoms with Gasteiger partial charge in [-0.15, -0.1) is 0 Å². The summed E-state index contributed by atoms with van der Waals surface area (Å²) in [5.74, 6) is -2.54. The van der Waals surface area contributed by atoms with Crippen LogP contribution in [0.4, 0.5) is 13.2 Å². The van der Waals surface area contributed by atoms with Gasteiger partial charge < -0.3 is 14.5 Å². The SMILES string of the molecule is COc1cccc(C(C(=O)N2CCC(CCCCc3ccc(C(=O)N(C)C)c(Cl)c3)CC2)C(F)(F)F)c1. The molecule has 0 bridgehead atoms. The van der Waals surface area contributed by atoms with Gasteiger partial charge in [0.25, 0.3) is 5.91 Å². The van der Waals surface area contributed by atoms with Crippen LogP contribution >= 0.6 is 11.6 Å². The molecule has 3 rings (SSSR count). The molecule has 1 atom stereocenters. The van der Waals surface area contributed by atoms with E-state index in [2.05, 4.69) is 0 Å². The number of carbonyl (C=O) groups excluding carboxylic acids is 2. The highest BCUT2D eigenvalue weighted by atomic mass is 35.5. The van der Waals surface area contributed by atoms with Gasteiger partial charge in [-0.3, -0.25) is 9.59 Å². The lowest BCUT2D eigenvalue weighted by Gasteiger charge is -2.35. The van der Waals surface area contributed by atoms with Crippen LogP contribution in [0.15, 0.2) is 42.5 Å². The van der Waals surface area contributed by atoms with Gasteiger partial charge in [0.05, 0.1) is 17.7 Å². The molecule has 0 saturated carbocycles. The first-order valence-electron chi connectivity index (χ1n) is 12.5. The van der Waals surface area contributed by atoms with E-state index in [0.717, 1.165) is 31.2 Å². The van der Waals surface area contributed by atoms with Crippen LogP contribution in [0.25, 0.3) is 0 Å². The van der Waals surface area contributed by atoms with Gasteiger partial charge in [0, 0.05) is 27.2 Å². The van der Waals surface area contributed by atoms with E-state index in [9.17, 15) is 22.8 Å². The van der Waals surface area contributed by atoms with E-state index in [-0.39, 0.29) is 11.5 Å². The van der Waals surface area contributed by atoms with Gasteiger partial charge in [0.2, 0.25) is 5.91 Å². The van der Waals surface area contributed by atoms with E-state index in [1.807, 2.05) is 12.1 Å². The first kappa shape index (κ1) is 28.8. The number of methoxy groups -OCH3 is 1. The van der Waals surface area contributed by atoms with Crippen LogP contribution in [0.3, 0.4) is 0 Å². The van der Waals surface area contributed by atoms with Crippen molar-refractivity contribution in [1.82, 2.24) is 9.80 Å². The topological polar surface area (TPSA) is 49.9 Å². The van der Waals surface area contributed by atoms with E-state index in [0.29, 0.717) is 48.2 Å². The molecule has 0 radical (unpaired) electrons. The summed E-state index contributed by atoms with van der Waals surface area (Å²) in [6.45, 7) is 0.661. The number of piperidine rings is 1. The molecule has 9 heteroatoms. The monoisotopic (exact) mass is 538 g/mol. The molecule has 2 amide bonds. The zero-order valence-corrected chi connectivity index (χ0v) is 22.2. The van der Waals surface area contributed by atoms with E-state index < -0.39 is 18.0 Å². The van der Waals surface area contributed by atoms with E-state index in [4.69, 9.17) is 16.3 Å². The number of nitrogens with zero attached hydrogens (tertiary/aromatic N) is 2. The van der Waals surface area contributed by atoms with E-state index >= 15 is 0 Å². The van der Waals surface area contributed by atoms with Crippen LogP contribution in [0.1, 0.15) is 59.5 Å². The fraction of sp³-hybridized carbons (Fsp3) is 0.500. The number of carbonyl (C=O) groups is 2. The molecule has 5 nitrogen and oxygen atoms in total. The summed E-state index contributed by atoms with van der Waals surface area (Å²) in [4.78, 5) is 27.9. The van der Waals surface area contributed by atoms with Crippen molar-refractivity contribution >= 4 is 23.4 Å². The quantitative estimate of drug-likeness (QED) is 0.350. The normalized spacial score (nSPS) is 15.4. The van der Waals surface area contributed by atoms with Crippen LogP contribution in [0, 0.1) is 5.92 Å². The van der Waals surface area contributed by atoms with Crippen molar-refractivity contribution in [3.63, 3.8) is 0 Å². The predicted octanol–water partition coefficient (Wildman–Crippen LogP) is 6.35. The number of likely N-dealkylation sites (tertiary alicyclic amines) is 1. The van der Waals surface area contributed by atoms with Crippen molar-refractivity contribution < 1.29 is 27.5 Å². The maximum atomic E-state index is 13.9. The van der Waals surface area contributed by atoms with E-state index in [1.54, 1.807) is 26.2 Å². The molecule has 1 unspecified atom stereocenters. The number of unbranched alkanes of at least 4 members (excludes halogenated alkanes) is 1. The van der Waals surface area contributed by atoms with Crippen molar-refractivity contribution in [2.24, 2.45) is 5.92 Å². The molecule has 1 fully saturated rings. The van der Waals surface area contributed by atoms with Gasteiger partial charge in [-0.05, 0) is 67.0 Å². The van der Waals surface area contributed by atoms with Crippen LogP contribution in [0.5, 0.6) is 5.75 Å². The Bertz CT molecular complexity index is 1080. The average Bonchev–Trinajstić information content (AvgIpc) is 2.86. The molecule has 2 aromatic rings. The molecule has 0 spiro atoms. The van der Waals surface area contributed by atoms with Gasteiger partial charge in [0.15, 0.2) is 5.92 Å². The number of amides is 2. The summed E-state index contributed by atoms with van der Waals surface area (Å²) in [6.07, 6.45) is 0.434. The number of benzene rings is 2. The number of aryl methyl sites for hydroxylation is 1. The van der Waals surface area contributed by atoms with Crippen LogP contribution in [0.2, 0.25) is 5.02 Å². The number of rotatable bonds is 9. The number of hydrogen-bond acceptors (Lipinski definition) is 3. The summed E-state index contributed by atoms with van der Waals surface area (Å²) >= 11 is 6.29.